The predicted molar refractivity (Wildman–Crippen MR) is 101 cm³/mol. The van der Waals surface area contributed by atoms with Gasteiger partial charge in [-0.3, -0.25) is 0 Å². The molecular formula is C22H18N2O. The van der Waals surface area contributed by atoms with Gasteiger partial charge in [0.1, 0.15) is 0 Å². The summed E-state index contributed by atoms with van der Waals surface area (Å²) in [5, 5.41) is 10.7. The zero-order chi connectivity index (χ0) is 17.6. The van der Waals surface area contributed by atoms with Crippen molar-refractivity contribution in [2.75, 3.05) is 0 Å². The van der Waals surface area contributed by atoms with Crippen LogP contribution in [0.25, 0.3) is 22.2 Å². The van der Waals surface area contributed by atoms with E-state index >= 15 is 0 Å². The lowest BCUT2D eigenvalue weighted by atomic mass is 10.1. The molecule has 1 aromatic heterocycles. The first-order valence-electron chi connectivity index (χ1n) is 7.98. The van der Waals surface area contributed by atoms with Gasteiger partial charge < -0.3 is 4.42 Å². The minimum absolute atomic E-state index is 0.567. The molecule has 25 heavy (non-hydrogen) atoms. The van der Waals surface area contributed by atoms with Gasteiger partial charge >= 0.3 is 0 Å². The molecule has 0 N–H and O–H groups in total. The van der Waals surface area contributed by atoms with E-state index in [9.17, 15) is 0 Å². The summed E-state index contributed by atoms with van der Waals surface area (Å²) in [5.41, 5.74) is 3.37. The number of benzene rings is 3. The van der Waals surface area contributed by atoms with Gasteiger partial charge in [0, 0.05) is 5.56 Å². The lowest BCUT2D eigenvalue weighted by molar-refractivity contribution is 0.518. The number of rotatable bonds is 3. The number of hydrogen-bond donors (Lipinski definition) is 0. The molecule has 0 bridgehead atoms. The number of nitrogens with zero attached hydrogens (tertiary/aromatic N) is 2. The maximum atomic E-state index is 5.83. The van der Waals surface area contributed by atoms with E-state index in [0.717, 1.165) is 5.56 Å². The van der Waals surface area contributed by atoms with Crippen LogP contribution in [0, 0.1) is 19.8 Å². The third-order valence-electron chi connectivity index (χ3n) is 3.94. The molecule has 0 aliphatic rings. The Bertz CT molecular complexity index is 997. The van der Waals surface area contributed by atoms with Crippen molar-refractivity contribution >= 4 is 10.8 Å². The minimum Gasteiger partial charge on any atom is -0.420 e. The highest BCUT2D eigenvalue weighted by molar-refractivity contribution is 5.86. The first-order chi connectivity index (χ1) is 12.3. The molecule has 1 heterocycles. The van der Waals surface area contributed by atoms with E-state index in [-0.39, 0.29) is 0 Å². The molecule has 0 aliphatic heterocycles. The van der Waals surface area contributed by atoms with Crippen molar-refractivity contribution in [3.63, 3.8) is 0 Å². The van der Waals surface area contributed by atoms with E-state index in [1.165, 1.54) is 21.9 Å². The molecule has 0 saturated carbocycles. The normalized spacial score (nSPS) is 10.2. The highest BCUT2D eigenvalue weighted by Crippen LogP contribution is 2.24. The standard InChI is InChI=1S/C20H16N2O.C2H2/c1-14-6-8-15(9-7-14)12-19-21-22-20(23-19)18-11-10-16-4-2-3-5-17(16)13-18;1-2/h2-11,13H,12H2,1H3;1-2H. The van der Waals surface area contributed by atoms with Crippen molar-refractivity contribution in [2.24, 2.45) is 0 Å². The summed E-state index contributed by atoms with van der Waals surface area (Å²) in [4.78, 5) is 0. The highest BCUT2D eigenvalue weighted by atomic mass is 16.4. The Hall–Kier alpha value is -3.38. The number of fused-ring (bicyclic) bond motifs is 1. The van der Waals surface area contributed by atoms with Crippen LogP contribution >= 0.6 is 0 Å². The fraction of sp³-hybridized carbons (Fsp3) is 0.0909. The second-order valence-corrected chi connectivity index (χ2v) is 5.73. The van der Waals surface area contributed by atoms with Crippen LogP contribution in [-0.2, 0) is 6.42 Å². The first-order valence-corrected chi connectivity index (χ1v) is 7.98. The van der Waals surface area contributed by atoms with Gasteiger partial charge in [0.25, 0.3) is 0 Å². The van der Waals surface area contributed by atoms with E-state index < -0.39 is 0 Å². The van der Waals surface area contributed by atoms with E-state index in [0.29, 0.717) is 18.2 Å². The third kappa shape index (κ3) is 3.76. The van der Waals surface area contributed by atoms with Crippen LogP contribution in [0.5, 0.6) is 0 Å². The molecule has 0 spiro atoms. The third-order valence-corrected chi connectivity index (χ3v) is 3.94. The van der Waals surface area contributed by atoms with Gasteiger partial charge in [-0.15, -0.1) is 23.0 Å². The van der Waals surface area contributed by atoms with Gasteiger partial charge in [0.15, 0.2) is 0 Å². The molecule has 122 valence electrons. The Kier molecular flexibility index (Phi) is 4.92. The minimum atomic E-state index is 0.567. The smallest absolute Gasteiger partial charge is 0.247 e. The van der Waals surface area contributed by atoms with Gasteiger partial charge in [0.2, 0.25) is 11.8 Å². The van der Waals surface area contributed by atoms with Crippen molar-refractivity contribution in [1.29, 1.82) is 0 Å². The summed E-state index contributed by atoms with van der Waals surface area (Å²) in [6.07, 6.45) is 8.65. The molecular weight excluding hydrogens is 308 g/mol. The van der Waals surface area contributed by atoms with Gasteiger partial charge in [-0.25, -0.2) is 0 Å². The van der Waals surface area contributed by atoms with Crippen LogP contribution in [0.3, 0.4) is 0 Å². The zero-order valence-corrected chi connectivity index (χ0v) is 14.0. The maximum Gasteiger partial charge on any atom is 0.247 e. The summed E-state index contributed by atoms with van der Waals surface area (Å²) >= 11 is 0. The molecule has 3 nitrogen and oxygen atoms in total. The Morgan fingerprint density at radius 2 is 1.56 bits per heavy atom. The fourth-order valence-electron chi connectivity index (χ4n) is 2.64. The summed E-state index contributed by atoms with van der Waals surface area (Å²) in [7, 11) is 0. The largest absolute Gasteiger partial charge is 0.420 e. The molecule has 0 amide bonds. The number of aryl methyl sites for hydroxylation is 1. The second-order valence-electron chi connectivity index (χ2n) is 5.73. The topological polar surface area (TPSA) is 38.9 Å². The predicted octanol–water partition coefficient (Wildman–Crippen LogP) is 5.04. The summed E-state index contributed by atoms with van der Waals surface area (Å²) < 4.78 is 5.83. The Balaban J connectivity index is 0.000000880. The quantitative estimate of drug-likeness (QED) is 0.495. The summed E-state index contributed by atoms with van der Waals surface area (Å²) in [6.45, 7) is 2.08. The van der Waals surface area contributed by atoms with Gasteiger partial charge in [-0.2, -0.15) is 0 Å². The van der Waals surface area contributed by atoms with E-state index in [4.69, 9.17) is 4.42 Å². The average Bonchev–Trinajstić information content (AvgIpc) is 3.13. The van der Waals surface area contributed by atoms with Crippen LogP contribution in [0.4, 0.5) is 0 Å². The van der Waals surface area contributed by atoms with Crippen LogP contribution in [0.15, 0.2) is 71.1 Å². The molecule has 0 saturated heterocycles. The SMILES string of the molecule is C#C.Cc1ccc(Cc2nnc(-c3ccc4ccccc4c3)o2)cc1. The molecule has 0 fully saturated rings. The van der Waals surface area contributed by atoms with E-state index in [1.807, 2.05) is 18.2 Å². The van der Waals surface area contributed by atoms with Crippen molar-refractivity contribution in [1.82, 2.24) is 10.2 Å². The average molecular weight is 326 g/mol. The monoisotopic (exact) mass is 326 g/mol. The Morgan fingerprint density at radius 3 is 2.32 bits per heavy atom. The van der Waals surface area contributed by atoms with Gasteiger partial charge in [0.05, 0.1) is 6.42 Å². The van der Waals surface area contributed by atoms with E-state index in [2.05, 4.69) is 78.5 Å². The summed E-state index contributed by atoms with van der Waals surface area (Å²) in [6, 6.07) is 22.8. The lowest BCUT2D eigenvalue weighted by Gasteiger charge is -2.00. The molecule has 0 aliphatic carbocycles. The highest BCUT2D eigenvalue weighted by Gasteiger charge is 2.09. The van der Waals surface area contributed by atoms with Gasteiger partial charge in [-0.1, -0.05) is 60.2 Å². The number of aromatic nitrogens is 2. The molecule has 3 aromatic carbocycles. The molecule has 4 rings (SSSR count). The van der Waals surface area contributed by atoms with Crippen molar-refractivity contribution in [3.8, 4) is 24.3 Å². The molecule has 4 aromatic rings. The van der Waals surface area contributed by atoms with Crippen LogP contribution in [-0.4, -0.2) is 10.2 Å². The molecule has 3 heteroatoms. The molecule has 0 atom stereocenters. The Labute approximate surface area is 147 Å². The lowest BCUT2D eigenvalue weighted by Crippen LogP contribution is -1.88. The second kappa shape index (κ2) is 7.46. The van der Waals surface area contributed by atoms with Crippen molar-refractivity contribution < 1.29 is 4.42 Å². The number of terminal acetylenes is 1. The van der Waals surface area contributed by atoms with Crippen LogP contribution < -0.4 is 0 Å². The van der Waals surface area contributed by atoms with Crippen molar-refractivity contribution in [2.45, 2.75) is 13.3 Å². The summed E-state index contributed by atoms with van der Waals surface area (Å²) in [5.74, 6) is 1.20. The molecule has 0 radical (unpaired) electrons. The Morgan fingerprint density at radius 1 is 0.840 bits per heavy atom. The molecule has 0 unspecified atom stereocenters. The van der Waals surface area contributed by atoms with Crippen LogP contribution in [0.2, 0.25) is 0 Å². The maximum absolute atomic E-state index is 5.83. The zero-order valence-electron chi connectivity index (χ0n) is 14.0. The van der Waals surface area contributed by atoms with Gasteiger partial charge in [-0.05, 0) is 35.4 Å². The van der Waals surface area contributed by atoms with E-state index in [1.54, 1.807) is 0 Å². The van der Waals surface area contributed by atoms with Crippen molar-refractivity contribution in [3.05, 3.63) is 83.7 Å². The fourth-order valence-corrected chi connectivity index (χ4v) is 2.64. The first kappa shape index (κ1) is 16.5. The number of hydrogen-bond acceptors (Lipinski definition) is 3. The van der Waals surface area contributed by atoms with Crippen LogP contribution in [0.1, 0.15) is 17.0 Å².